The summed E-state index contributed by atoms with van der Waals surface area (Å²) in [5.41, 5.74) is 3.43. The zero-order chi connectivity index (χ0) is 19.6. The number of nitrogens with one attached hydrogen (secondary N) is 1. The molecule has 0 fully saturated rings. The fourth-order valence-electron chi connectivity index (χ4n) is 2.80. The Balaban J connectivity index is 2.03. The first-order chi connectivity index (χ1) is 13.0. The van der Waals surface area contributed by atoms with E-state index in [0.29, 0.717) is 29.7 Å². The second-order valence-electron chi connectivity index (χ2n) is 6.89. The summed E-state index contributed by atoms with van der Waals surface area (Å²) < 4.78 is 11.8. The minimum absolute atomic E-state index is 0.467. The molecule has 0 aromatic heterocycles. The van der Waals surface area contributed by atoms with Crippen LogP contribution in [0.5, 0.6) is 11.5 Å². The van der Waals surface area contributed by atoms with Gasteiger partial charge in [0.05, 0.1) is 11.6 Å². The van der Waals surface area contributed by atoms with Crippen molar-refractivity contribution in [1.82, 2.24) is 10.2 Å². The summed E-state index contributed by atoms with van der Waals surface area (Å²) in [6, 6.07) is 12.2. The summed E-state index contributed by atoms with van der Waals surface area (Å²) in [7, 11) is 4.17. The van der Waals surface area contributed by atoms with Crippen LogP contribution in [0.4, 0.5) is 0 Å². The molecular weight excluding hydrogens is 360 g/mol. The normalized spacial score (nSPS) is 11.0. The third-order valence-corrected chi connectivity index (χ3v) is 4.57. The van der Waals surface area contributed by atoms with Gasteiger partial charge in [-0.3, -0.25) is 0 Å². The number of hydrogen-bond acceptors (Lipinski definition) is 4. The van der Waals surface area contributed by atoms with E-state index in [1.165, 1.54) is 5.56 Å². The summed E-state index contributed by atoms with van der Waals surface area (Å²) >= 11 is 6.52. The molecule has 0 saturated carbocycles. The van der Waals surface area contributed by atoms with Crippen LogP contribution >= 0.6 is 11.6 Å². The van der Waals surface area contributed by atoms with Gasteiger partial charge in [0.2, 0.25) is 0 Å². The van der Waals surface area contributed by atoms with Gasteiger partial charge in [-0.05, 0) is 76.3 Å². The lowest BCUT2D eigenvalue weighted by atomic mass is 10.1. The van der Waals surface area contributed by atoms with Crippen molar-refractivity contribution < 1.29 is 9.47 Å². The topological polar surface area (TPSA) is 33.7 Å². The van der Waals surface area contributed by atoms with Gasteiger partial charge < -0.3 is 19.7 Å². The van der Waals surface area contributed by atoms with E-state index in [1.807, 2.05) is 31.2 Å². The lowest BCUT2D eigenvalue weighted by molar-refractivity contribution is 0.268. The van der Waals surface area contributed by atoms with Crippen molar-refractivity contribution in [3.8, 4) is 11.5 Å². The van der Waals surface area contributed by atoms with Crippen molar-refractivity contribution in [2.75, 3.05) is 33.8 Å². The first-order valence-electron chi connectivity index (χ1n) is 9.49. The van der Waals surface area contributed by atoms with E-state index < -0.39 is 0 Å². The van der Waals surface area contributed by atoms with Gasteiger partial charge in [-0.25, -0.2) is 0 Å². The summed E-state index contributed by atoms with van der Waals surface area (Å²) in [4.78, 5) is 2.19. The minimum atomic E-state index is 0.467. The maximum Gasteiger partial charge on any atom is 0.180 e. The quantitative estimate of drug-likeness (QED) is 0.565. The van der Waals surface area contributed by atoms with E-state index in [0.717, 1.165) is 37.2 Å². The highest BCUT2D eigenvalue weighted by Crippen LogP contribution is 2.37. The number of nitrogens with zero attached hydrogens (tertiary/aromatic N) is 1. The molecule has 5 heteroatoms. The molecule has 0 aliphatic rings. The Morgan fingerprint density at radius 3 is 2.59 bits per heavy atom. The number of rotatable bonds is 11. The Morgan fingerprint density at radius 2 is 1.89 bits per heavy atom. The Kier molecular flexibility index (Phi) is 8.92. The molecule has 0 atom stereocenters. The number of ether oxygens (including phenoxy) is 2. The standard InChI is InChI=1S/C22H31ClN2O2/c1-5-26-21-14-18(15-24-11-8-12-25(3)4)13-20(23)22(21)27-16-19-10-7-6-9-17(19)2/h6-7,9-10,13-14,24H,5,8,11-12,15-16H2,1-4H3. The van der Waals surface area contributed by atoms with E-state index >= 15 is 0 Å². The molecule has 0 unspecified atom stereocenters. The van der Waals surface area contributed by atoms with E-state index in [2.05, 4.69) is 43.4 Å². The maximum atomic E-state index is 6.52. The average molecular weight is 391 g/mol. The molecule has 1 N–H and O–H groups in total. The van der Waals surface area contributed by atoms with Crippen molar-refractivity contribution in [2.24, 2.45) is 0 Å². The van der Waals surface area contributed by atoms with Gasteiger partial charge in [0.1, 0.15) is 6.61 Å². The SMILES string of the molecule is CCOc1cc(CNCCCN(C)C)cc(Cl)c1OCc1ccccc1C. The molecular formula is C22H31ClN2O2. The Bertz CT molecular complexity index is 719. The predicted molar refractivity (Wildman–Crippen MR) is 113 cm³/mol. The molecule has 0 bridgehead atoms. The Labute approximate surface area is 168 Å². The molecule has 0 aliphatic heterocycles. The third kappa shape index (κ3) is 7.06. The molecule has 148 valence electrons. The Morgan fingerprint density at radius 1 is 1.11 bits per heavy atom. The van der Waals surface area contributed by atoms with E-state index in [9.17, 15) is 0 Å². The highest BCUT2D eigenvalue weighted by molar-refractivity contribution is 6.32. The lowest BCUT2D eigenvalue weighted by Gasteiger charge is -2.16. The van der Waals surface area contributed by atoms with Crippen LogP contribution in [0.2, 0.25) is 5.02 Å². The monoisotopic (exact) mass is 390 g/mol. The summed E-state index contributed by atoms with van der Waals surface area (Å²) in [6.45, 7) is 7.87. The predicted octanol–water partition coefficient (Wildman–Crippen LogP) is 4.67. The van der Waals surface area contributed by atoms with Crippen molar-refractivity contribution in [2.45, 2.75) is 33.4 Å². The third-order valence-electron chi connectivity index (χ3n) is 4.29. The smallest absolute Gasteiger partial charge is 0.180 e. The Hall–Kier alpha value is -1.75. The van der Waals surface area contributed by atoms with Gasteiger partial charge in [0.15, 0.2) is 11.5 Å². The summed E-state index contributed by atoms with van der Waals surface area (Å²) in [5.74, 6) is 1.31. The molecule has 0 radical (unpaired) electrons. The zero-order valence-corrected chi connectivity index (χ0v) is 17.6. The summed E-state index contributed by atoms with van der Waals surface area (Å²) in [6.07, 6.45) is 1.11. The van der Waals surface area contributed by atoms with Gasteiger partial charge >= 0.3 is 0 Å². The first kappa shape index (κ1) is 21.5. The van der Waals surface area contributed by atoms with Crippen LogP contribution in [0.25, 0.3) is 0 Å². The van der Waals surface area contributed by atoms with Crippen LogP contribution in [0.3, 0.4) is 0 Å². The van der Waals surface area contributed by atoms with Crippen LogP contribution in [0.1, 0.15) is 30.0 Å². The molecule has 0 amide bonds. The van der Waals surface area contributed by atoms with Gasteiger partial charge in [-0.2, -0.15) is 0 Å². The molecule has 2 rings (SSSR count). The number of halogens is 1. The molecule has 27 heavy (non-hydrogen) atoms. The van der Waals surface area contributed by atoms with Crippen molar-refractivity contribution in [1.29, 1.82) is 0 Å². The summed E-state index contributed by atoms with van der Waals surface area (Å²) in [5, 5.41) is 4.04. The fourth-order valence-corrected chi connectivity index (χ4v) is 3.09. The van der Waals surface area contributed by atoms with Crippen molar-refractivity contribution in [3.05, 3.63) is 58.1 Å². The largest absolute Gasteiger partial charge is 0.490 e. The highest BCUT2D eigenvalue weighted by atomic mass is 35.5. The van der Waals surface area contributed by atoms with Crippen LogP contribution in [-0.4, -0.2) is 38.7 Å². The molecule has 0 spiro atoms. The van der Waals surface area contributed by atoms with Crippen LogP contribution in [0.15, 0.2) is 36.4 Å². The van der Waals surface area contributed by atoms with E-state index in [-0.39, 0.29) is 0 Å². The molecule has 2 aromatic rings. The number of aryl methyl sites for hydroxylation is 1. The minimum Gasteiger partial charge on any atom is -0.490 e. The van der Waals surface area contributed by atoms with Gasteiger partial charge in [0.25, 0.3) is 0 Å². The molecule has 2 aromatic carbocycles. The average Bonchev–Trinajstić information content (AvgIpc) is 2.62. The van der Waals surface area contributed by atoms with Gasteiger partial charge in [0, 0.05) is 6.54 Å². The van der Waals surface area contributed by atoms with E-state index in [1.54, 1.807) is 0 Å². The second-order valence-corrected chi connectivity index (χ2v) is 7.29. The number of benzene rings is 2. The maximum absolute atomic E-state index is 6.52. The van der Waals surface area contributed by atoms with Crippen LogP contribution < -0.4 is 14.8 Å². The first-order valence-corrected chi connectivity index (χ1v) is 9.87. The fraction of sp³-hybridized carbons (Fsp3) is 0.455. The van der Waals surface area contributed by atoms with E-state index in [4.69, 9.17) is 21.1 Å². The molecule has 0 heterocycles. The van der Waals surface area contributed by atoms with Crippen molar-refractivity contribution in [3.63, 3.8) is 0 Å². The van der Waals surface area contributed by atoms with Crippen LogP contribution in [-0.2, 0) is 13.2 Å². The van der Waals surface area contributed by atoms with Crippen LogP contribution in [0, 0.1) is 6.92 Å². The zero-order valence-electron chi connectivity index (χ0n) is 16.8. The number of hydrogen-bond donors (Lipinski definition) is 1. The lowest BCUT2D eigenvalue weighted by Crippen LogP contribution is -2.21. The molecule has 4 nitrogen and oxygen atoms in total. The second kappa shape index (κ2) is 11.2. The van der Waals surface area contributed by atoms with Gasteiger partial charge in [-0.1, -0.05) is 35.9 Å². The molecule has 0 saturated heterocycles. The molecule has 0 aliphatic carbocycles. The highest BCUT2D eigenvalue weighted by Gasteiger charge is 2.13. The van der Waals surface area contributed by atoms with Gasteiger partial charge in [-0.15, -0.1) is 0 Å². The van der Waals surface area contributed by atoms with Crippen molar-refractivity contribution >= 4 is 11.6 Å².